The number of hydrogen-bond acceptors (Lipinski definition) is 13. The van der Waals surface area contributed by atoms with Crippen molar-refractivity contribution in [3.05, 3.63) is 36.0 Å². The highest BCUT2D eigenvalue weighted by atomic mass is 16.4. The van der Waals surface area contributed by atoms with Crippen molar-refractivity contribution in [2.75, 3.05) is 13.2 Å². The third-order valence-electron chi connectivity index (χ3n) is 9.53. The molecule has 0 fully saturated rings. The lowest BCUT2D eigenvalue weighted by molar-refractivity contribution is -0.142. The number of nitrogens with one attached hydrogen (secondary N) is 7. The minimum absolute atomic E-state index is 0.0331. The van der Waals surface area contributed by atoms with E-state index in [4.69, 9.17) is 22.9 Å². The Hall–Kier alpha value is -6.66. The number of aromatic nitrogens is 1. The van der Waals surface area contributed by atoms with Crippen LogP contribution in [-0.4, -0.2) is 135 Å². The van der Waals surface area contributed by atoms with E-state index in [0.717, 1.165) is 10.9 Å². The van der Waals surface area contributed by atoms with E-state index in [-0.39, 0.29) is 38.1 Å². The van der Waals surface area contributed by atoms with E-state index in [9.17, 15) is 63.3 Å². The van der Waals surface area contributed by atoms with Gasteiger partial charge in [-0.2, -0.15) is 0 Å². The number of primary amides is 2. The number of amides is 8. The van der Waals surface area contributed by atoms with Crippen LogP contribution in [-0.2, 0) is 54.4 Å². The minimum Gasteiger partial charge on any atom is -0.481 e. The van der Waals surface area contributed by atoms with E-state index < -0.39 is 134 Å². The van der Waals surface area contributed by atoms with Crippen LogP contribution in [0.25, 0.3) is 10.9 Å². The number of rotatable bonds is 29. The van der Waals surface area contributed by atoms with Crippen LogP contribution in [0.2, 0.25) is 0 Å². The number of carboxylic acids is 2. The molecule has 18 N–H and O–H groups in total. The molecular weight excluding hydrogens is 830 g/mol. The van der Waals surface area contributed by atoms with Crippen LogP contribution in [0.1, 0.15) is 70.8 Å². The average molecular weight is 890 g/mol. The van der Waals surface area contributed by atoms with E-state index in [1.807, 2.05) is 0 Å². The van der Waals surface area contributed by atoms with Crippen LogP contribution < -0.4 is 54.8 Å². The Morgan fingerprint density at radius 3 is 1.70 bits per heavy atom. The van der Waals surface area contributed by atoms with Gasteiger partial charge in [-0.05, 0) is 56.2 Å². The predicted octanol–water partition coefficient (Wildman–Crippen LogP) is -4.19. The van der Waals surface area contributed by atoms with Crippen molar-refractivity contribution in [2.45, 2.75) is 114 Å². The second-order valence-corrected chi connectivity index (χ2v) is 15.2. The van der Waals surface area contributed by atoms with Gasteiger partial charge in [-0.25, -0.2) is 4.79 Å². The summed E-state index contributed by atoms with van der Waals surface area (Å²) in [5, 5.41) is 43.7. The van der Waals surface area contributed by atoms with Crippen molar-refractivity contribution in [3.63, 3.8) is 0 Å². The Bertz CT molecular complexity index is 1960. The summed E-state index contributed by atoms with van der Waals surface area (Å²) in [7, 11) is 0. The first-order valence-corrected chi connectivity index (χ1v) is 20.1. The Morgan fingerprint density at radius 1 is 0.651 bits per heavy atom. The number of carbonyl (C=O) groups is 10. The molecule has 0 aliphatic heterocycles. The van der Waals surface area contributed by atoms with Crippen LogP contribution in [0.15, 0.2) is 30.5 Å². The minimum atomic E-state index is -1.90. The first kappa shape index (κ1) is 52.5. The second kappa shape index (κ2) is 26.0. The van der Waals surface area contributed by atoms with Crippen molar-refractivity contribution in [1.29, 1.82) is 0 Å². The molecule has 1 aromatic carbocycles. The van der Waals surface area contributed by atoms with Crippen LogP contribution in [0, 0.1) is 5.92 Å². The maximum Gasteiger partial charge on any atom is 0.326 e. The van der Waals surface area contributed by atoms with Gasteiger partial charge in [0.2, 0.25) is 47.3 Å². The van der Waals surface area contributed by atoms with Crippen LogP contribution in [0.5, 0.6) is 0 Å². The summed E-state index contributed by atoms with van der Waals surface area (Å²) in [6.45, 7) is 2.64. The number of nitrogens with two attached hydrogens (primary N) is 4. The van der Waals surface area contributed by atoms with Gasteiger partial charge in [0.1, 0.15) is 36.3 Å². The van der Waals surface area contributed by atoms with E-state index in [0.29, 0.717) is 12.0 Å². The van der Waals surface area contributed by atoms with Gasteiger partial charge in [0.15, 0.2) is 0 Å². The average Bonchev–Trinajstić information content (AvgIpc) is 3.61. The van der Waals surface area contributed by atoms with Crippen molar-refractivity contribution >= 4 is 70.1 Å². The predicted molar refractivity (Wildman–Crippen MR) is 223 cm³/mol. The number of H-pyrrole nitrogens is 1. The molecule has 0 saturated carbocycles. The van der Waals surface area contributed by atoms with Gasteiger partial charge in [0.05, 0.1) is 25.5 Å². The first-order chi connectivity index (χ1) is 29.7. The number of aromatic amines is 1. The zero-order valence-corrected chi connectivity index (χ0v) is 35.0. The third-order valence-corrected chi connectivity index (χ3v) is 9.53. The summed E-state index contributed by atoms with van der Waals surface area (Å²) in [5.41, 5.74) is 23.4. The number of aliphatic hydroxyl groups excluding tert-OH is 1. The number of carboxylic acid groups (broad SMARTS) is 2. The molecule has 1 aromatic heterocycles. The monoisotopic (exact) mass is 889 g/mol. The largest absolute Gasteiger partial charge is 0.481 e. The molecule has 7 atom stereocenters. The zero-order valence-electron chi connectivity index (χ0n) is 35.0. The van der Waals surface area contributed by atoms with Crippen molar-refractivity contribution in [2.24, 2.45) is 28.9 Å². The first-order valence-electron chi connectivity index (χ1n) is 20.1. The molecule has 24 heteroatoms. The number of carbonyl (C=O) groups excluding carboxylic acids is 8. The molecule has 348 valence electrons. The van der Waals surface area contributed by atoms with E-state index in [2.05, 4.69) is 36.9 Å². The van der Waals surface area contributed by atoms with Crippen LogP contribution in [0.4, 0.5) is 0 Å². The van der Waals surface area contributed by atoms with Gasteiger partial charge in [-0.3, -0.25) is 43.2 Å². The van der Waals surface area contributed by atoms with E-state index >= 15 is 0 Å². The number of fused-ring (bicyclic) bond motifs is 1. The van der Waals surface area contributed by atoms with Crippen LogP contribution >= 0.6 is 0 Å². The molecule has 0 bridgehead atoms. The number of unbranched alkanes of at least 4 members (excludes halogenated alkanes) is 1. The number of para-hydroxylation sites is 1. The second-order valence-electron chi connectivity index (χ2n) is 15.2. The molecule has 0 aliphatic rings. The molecule has 2 rings (SSSR count). The highest BCUT2D eigenvalue weighted by Gasteiger charge is 2.35. The molecule has 0 saturated heterocycles. The molecule has 8 amide bonds. The highest BCUT2D eigenvalue weighted by Crippen LogP contribution is 2.19. The highest BCUT2D eigenvalue weighted by molar-refractivity contribution is 5.99. The summed E-state index contributed by atoms with van der Waals surface area (Å²) in [6, 6.07) is -4.06. The van der Waals surface area contributed by atoms with E-state index in [1.54, 1.807) is 44.3 Å². The van der Waals surface area contributed by atoms with Gasteiger partial charge in [-0.15, -0.1) is 0 Å². The van der Waals surface area contributed by atoms with Crippen molar-refractivity contribution < 1.29 is 63.3 Å². The lowest BCUT2D eigenvalue weighted by atomic mass is 10.0. The zero-order chi connectivity index (χ0) is 47.4. The number of aliphatic carboxylic acids is 2. The van der Waals surface area contributed by atoms with Crippen LogP contribution in [0.3, 0.4) is 0 Å². The van der Waals surface area contributed by atoms with Gasteiger partial charge in [0.25, 0.3) is 0 Å². The number of aliphatic hydroxyl groups is 1. The molecular formula is C39H59N11O13. The lowest BCUT2D eigenvalue weighted by Crippen LogP contribution is -2.61. The fourth-order valence-electron chi connectivity index (χ4n) is 6.28. The quantitative estimate of drug-likeness (QED) is 0.0345. The van der Waals surface area contributed by atoms with Gasteiger partial charge in [-0.1, -0.05) is 32.0 Å². The Kier molecular flexibility index (Phi) is 21.6. The smallest absolute Gasteiger partial charge is 0.326 e. The number of benzene rings is 1. The number of hydrogen-bond donors (Lipinski definition) is 14. The standard InChI is InChI=1S/C39H59N11O13/c1-19(2)13-22(41)33(56)47-27(16-32(54)55)37(60)50-29(18-51)38(61)48-26(15-31(43)53)36(59)46-25(10-11-30(42)52)35(58)45-24(9-5-6-12-40)34(57)49-28(39(62)63)14-20-17-44-23-8-4-3-7-21(20)23/h3-4,7-8,17,19,22,24-29,44,51H,5-6,9-16,18,40-41H2,1-2H3,(H2,42,52)(H2,43,53)(H,45,58)(H,46,59)(H,47,56)(H,48,61)(H,49,57)(H,50,60)(H,54,55)(H,62,63)/t22-,24-,25-,26-,27-,28-,29-/m0/s1. The maximum absolute atomic E-state index is 13.8. The molecule has 0 unspecified atom stereocenters. The Balaban J connectivity index is 2.30. The fraction of sp³-hybridized carbons (Fsp3) is 0.538. The molecule has 24 nitrogen and oxygen atoms in total. The topological polar surface area (TPSA) is 423 Å². The molecule has 63 heavy (non-hydrogen) atoms. The summed E-state index contributed by atoms with van der Waals surface area (Å²) < 4.78 is 0. The molecule has 0 spiro atoms. The lowest BCUT2D eigenvalue weighted by Gasteiger charge is -2.27. The molecule has 0 radical (unpaired) electrons. The van der Waals surface area contributed by atoms with E-state index in [1.165, 1.54) is 0 Å². The van der Waals surface area contributed by atoms with Crippen molar-refractivity contribution in [1.82, 2.24) is 36.9 Å². The van der Waals surface area contributed by atoms with Gasteiger partial charge < -0.3 is 75.1 Å². The summed E-state index contributed by atoms with van der Waals surface area (Å²) >= 11 is 0. The Labute approximate surface area is 361 Å². The SMILES string of the molecule is CC(C)C[C@H](N)C(=O)N[C@@H](CC(=O)O)C(=O)N[C@@H](CO)C(=O)N[C@@H](CC(N)=O)C(=O)N[C@@H](CCC(N)=O)C(=O)N[C@@H](CCCCN)C(=O)N[C@@H](Cc1c[nH]c2ccccc12)C(=O)O. The Morgan fingerprint density at radius 2 is 1.16 bits per heavy atom. The van der Waals surface area contributed by atoms with Gasteiger partial charge >= 0.3 is 11.9 Å². The third kappa shape index (κ3) is 18.1. The molecule has 1 heterocycles. The summed E-state index contributed by atoms with van der Waals surface area (Å²) in [6.07, 6.45) is -0.491. The normalized spacial score (nSPS) is 14.4. The maximum atomic E-state index is 13.8. The fourth-order valence-corrected chi connectivity index (χ4v) is 6.28. The molecule has 2 aromatic rings. The summed E-state index contributed by atoms with van der Waals surface area (Å²) in [4.78, 5) is 131. The summed E-state index contributed by atoms with van der Waals surface area (Å²) in [5.74, 6) is -11.5. The molecule has 0 aliphatic carbocycles. The van der Waals surface area contributed by atoms with Gasteiger partial charge in [0, 0.05) is 29.9 Å². The van der Waals surface area contributed by atoms with Crippen molar-refractivity contribution in [3.8, 4) is 0 Å².